The summed E-state index contributed by atoms with van der Waals surface area (Å²) in [6.07, 6.45) is 5.74. The van der Waals surface area contributed by atoms with E-state index >= 15 is 0 Å². The summed E-state index contributed by atoms with van der Waals surface area (Å²) in [5.74, 6) is 0. The molecule has 0 fully saturated rings. The van der Waals surface area contributed by atoms with Crippen LogP contribution in [0.1, 0.15) is 13.8 Å². The highest BCUT2D eigenvalue weighted by molar-refractivity contribution is 5.24. The summed E-state index contributed by atoms with van der Waals surface area (Å²) in [6, 6.07) is 0. The van der Waals surface area contributed by atoms with E-state index in [1.165, 1.54) is 19.4 Å². The number of nitrogens with zero attached hydrogens (tertiary/aromatic N) is 3. The van der Waals surface area contributed by atoms with Gasteiger partial charge in [-0.1, -0.05) is 12.2 Å². The molecule has 0 atom stereocenters. The molecule has 0 aliphatic heterocycles. The Bertz CT molecular complexity index is 563. The normalized spacial score (nSPS) is 11.7. The van der Waals surface area contributed by atoms with Crippen LogP contribution in [0.25, 0.3) is 12.4 Å². The van der Waals surface area contributed by atoms with Crippen LogP contribution in [0.2, 0.25) is 0 Å². The average molecular weight is 223 g/mol. The lowest BCUT2D eigenvalue weighted by molar-refractivity contribution is 0.640. The van der Waals surface area contributed by atoms with E-state index in [1.54, 1.807) is 26.0 Å². The topological polar surface area (TPSA) is 66.0 Å². The van der Waals surface area contributed by atoms with Gasteiger partial charge in [-0.15, -0.1) is 0 Å². The fourth-order valence-electron chi connectivity index (χ4n) is 1.24. The minimum absolute atomic E-state index is 0.658. The molecule has 16 heavy (non-hydrogen) atoms. The molecule has 6 nitrogen and oxygen atoms in total. The Morgan fingerprint density at radius 3 is 1.50 bits per heavy atom. The predicted octanol–water partition coefficient (Wildman–Crippen LogP) is -0.310. The largest absolute Gasteiger partial charge is 0.344 e. The number of hydrogen-bond donors (Lipinski definition) is 0. The molecule has 1 heterocycles. The highest BCUT2D eigenvalue weighted by atomic mass is 16.2. The van der Waals surface area contributed by atoms with Gasteiger partial charge in [-0.05, 0) is 13.8 Å². The van der Waals surface area contributed by atoms with E-state index in [4.69, 9.17) is 0 Å². The molecule has 1 rings (SSSR count). The van der Waals surface area contributed by atoms with Crippen molar-refractivity contribution < 1.29 is 0 Å². The van der Waals surface area contributed by atoms with E-state index in [0.717, 1.165) is 13.7 Å². The maximum Gasteiger partial charge on any atom is 0.344 e. The van der Waals surface area contributed by atoms with Crippen LogP contribution >= 0.6 is 0 Å². The van der Waals surface area contributed by atoms with E-state index in [1.807, 2.05) is 0 Å². The lowest BCUT2D eigenvalue weighted by atomic mass is 10.6. The van der Waals surface area contributed by atoms with Crippen molar-refractivity contribution in [1.29, 1.82) is 0 Å². The maximum atomic E-state index is 11.8. The molecule has 86 valence electrons. The molecule has 0 bridgehead atoms. The Morgan fingerprint density at radius 2 is 1.19 bits per heavy atom. The van der Waals surface area contributed by atoms with Crippen LogP contribution in [-0.2, 0) is 7.05 Å². The van der Waals surface area contributed by atoms with Crippen molar-refractivity contribution in [3.05, 3.63) is 43.6 Å². The summed E-state index contributed by atoms with van der Waals surface area (Å²) in [5, 5.41) is 0. The molecule has 1 aromatic rings. The fourth-order valence-corrected chi connectivity index (χ4v) is 1.24. The highest BCUT2D eigenvalue weighted by Crippen LogP contribution is 1.77. The molecule has 0 unspecified atom stereocenters. The van der Waals surface area contributed by atoms with Crippen LogP contribution in [0.15, 0.2) is 26.5 Å². The molecule has 0 amide bonds. The van der Waals surface area contributed by atoms with Crippen LogP contribution in [0.4, 0.5) is 0 Å². The third-order valence-corrected chi connectivity index (χ3v) is 1.99. The molecular weight excluding hydrogens is 210 g/mol. The van der Waals surface area contributed by atoms with Gasteiger partial charge >= 0.3 is 17.1 Å². The Morgan fingerprint density at radius 1 is 0.812 bits per heavy atom. The molecule has 0 radical (unpaired) electrons. The van der Waals surface area contributed by atoms with Crippen molar-refractivity contribution in [1.82, 2.24) is 13.7 Å². The molecule has 1 aromatic heterocycles. The summed E-state index contributed by atoms with van der Waals surface area (Å²) < 4.78 is 2.63. The van der Waals surface area contributed by atoms with Crippen molar-refractivity contribution in [2.45, 2.75) is 13.8 Å². The van der Waals surface area contributed by atoms with E-state index < -0.39 is 17.1 Å². The SMILES string of the molecule is CC=Cn1c(=O)n(C)c(=O)n(C=CC)c1=O. The highest BCUT2D eigenvalue weighted by Gasteiger charge is 2.08. The van der Waals surface area contributed by atoms with Crippen molar-refractivity contribution in [3.8, 4) is 0 Å². The lowest BCUT2D eigenvalue weighted by Gasteiger charge is -2.04. The van der Waals surface area contributed by atoms with Gasteiger partial charge in [0.05, 0.1) is 0 Å². The van der Waals surface area contributed by atoms with Gasteiger partial charge in [0.15, 0.2) is 0 Å². The zero-order valence-electron chi connectivity index (χ0n) is 9.38. The molecule has 0 N–H and O–H groups in total. The van der Waals surface area contributed by atoms with Crippen LogP contribution in [-0.4, -0.2) is 13.7 Å². The second-order valence-electron chi connectivity index (χ2n) is 3.11. The minimum Gasteiger partial charge on any atom is -0.247 e. The second-order valence-corrected chi connectivity index (χ2v) is 3.11. The first kappa shape index (κ1) is 12.0. The van der Waals surface area contributed by atoms with Gasteiger partial charge in [0, 0.05) is 19.4 Å². The molecule has 0 saturated heterocycles. The van der Waals surface area contributed by atoms with Gasteiger partial charge in [0.1, 0.15) is 0 Å². The number of aromatic nitrogens is 3. The Hall–Kier alpha value is -2.11. The first-order chi connectivity index (χ1) is 7.54. The summed E-state index contributed by atoms with van der Waals surface area (Å²) in [6.45, 7) is 3.36. The van der Waals surface area contributed by atoms with Crippen LogP contribution < -0.4 is 17.1 Å². The van der Waals surface area contributed by atoms with E-state index in [0.29, 0.717) is 0 Å². The molecule has 0 aliphatic carbocycles. The summed E-state index contributed by atoms with van der Waals surface area (Å²) >= 11 is 0. The monoisotopic (exact) mass is 223 g/mol. The zero-order chi connectivity index (χ0) is 12.3. The molecular formula is C10H13N3O3. The van der Waals surface area contributed by atoms with Crippen molar-refractivity contribution in [2.75, 3.05) is 0 Å². The third-order valence-electron chi connectivity index (χ3n) is 1.99. The predicted molar refractivity (Wildman–Crippen MR) is 62.2 cm³/mol. The lowest BCUT2D eigenvalue weighted by Crippen LogP contribution is -2.50. The van der Waals surface area contributed by atoms with E-state index in [9.17, 15) is 14.4 Å². The summed E-state index contributed by atoms with van der Waals surface area (Å²) in [7, 11) is 1.32. The number of rotatable bonds is 2. The molecule has 0 aromatic carbocycles. The van der Waals surface area contributed by atoms with Crippen LogP contribution in [0, 0.1) is 0 Å². The molecule has 0 spiro atoms. The van der Waals surface area contributed by atoms with Crippen LogP contribution in [0.3, 0.4) is 0 Å². The van der Waals surface area contributed by atoms with Gasteiger partial charge in [-0.2, -0.15) is 0 Å². The Labute approximate surface area is 91.4 Å². The Kier molecular flexibility index (Phi) is 3.44. The first-order valence-corrected chi connectivity index (χ1v) is 4.74. The summed E-state index contributed by atoms with van der Waals surface area (Å²) in [5.41, 5.74) is -1.99. The zero-order valence-corrected chi connectivity index (χ0v) is 9.38. The first-order valence-electron chi connectivity index (χ1n) is 4.74. The van der Waals surface area contributed by atoms with Crippen molar-refractivity contribution in [3.63, 3.8) is 0 Å². The van der Waals surface area contributed by atoms with Gasteiger partial charge in [0.25, 0.3) is 0 Å². The van der Waals surface area contributed by atoms with Gasteiger partial charge in [-0.3, -0.25) is 0 Å². The van der Waals surface area contributed by atoms with Crippen LogP contribution in [0.5, 0.6) is 0 Å². The molecule has 0 saturated carbocycles. The third kappa shape index (κ3) is 1.81. The van der Waals surface area contributed by atoms with E-state index in [2.05, 4.69) is 0 Å². The van der Waals surface area contributed by atoms with Gasteiger partial charge < -0.3 is 0 Å². The maximum absolute atomic E-state index is 11.8. The second kappa shape index (κ2) is 4.61. The number of hydrogen-bond acceptors (Lipinski definition) is 3. The van der Waals surface area contributed by atoms with Crippen molar-refractivity contribution >= 4 is 12.4 Å². The smallest absolute Gasteiger partial charge is 0.247 e. The molecule has 0 aliphatic rings. The quantitative estimate of drug-likeness (QED) is 0.690. The standard InChI is InChI=1S/C10H13N3O3/c1-4-6-12-8(14)11(3)9(15)13(7-5-2)10(12)16/h4-7H,1-3H3. The molecule has 6 heteroatoms. The average Bonchev–Trinajstić information content (AvgIpc) is 2.28. The van der Waals surface area contributed by atoms with Crippen molar-refractivity contribution in [2.24, 2.45) is 7.05 Å². The summed E-state index contributed by atoms with van der Waals surface area (Å²) in [4.78, 5) is 34.9. The number of allylic oxidation sites excluding steroid dienone is 2. The minimum atomic E-state index is -0.677. The van der Waals surface area contributed by atoms with Gasteiger partial charge in [0.2, 0.25) is 0 Å². The Balaban J connectivity index is 3.88. The van der Waals surface area contributed by atoms with Gasteiger partial charge in [-0.25, -0.2) is 28.1 Å². The van der Waals surface area contributed by atoms with E-state index in [-0.39, 0.29) is 0 Å². The fraction of sp³-hybridized carbons (Fsp3) is 0.300.